The van der Waals surface area contributed by atoms with Crippen LogP contribution in [0.5, 0.6) is 11.5 Å². The van der Waals surface area contributed by atoms with Crippen molar-refractivity contribution in [1.29, 1.82) is 0 Å². The fourth-order valence-corrected chi connectivity index (χ4v) is 4.31. The van der Waals surface area contributed by atoms with Gasteiger partial charge in [0.1, 0.15) is 11.5 Å². The standard InChI is InChI=1S/C20H10O4S/c21-17-10-3-1-2-4-11(10)18(22)16-15(17)19(23)12-7-9-5-6-25-14(9)8-13(12)20(16)24/h1-8,23-24H. The fraction of sp³-hybridized carbons (Fsp3) is 0. The predicted octanol–water partition coefficient (Wildman–Crippen LogP) is 4.24. The van der Waals surface area contributed by atoms with Gasteiger partial charge in [-0.15, -0.1) is 11.3 Å². The van der Waals surface area contributed by atoms with E-state index in [1.165, 1.54) is 11.3 Å². The van der Waals surface area contributed by atoms with Crippen molar-refractivity contribution in [2.45, 2.75) is 0 Å². The summed E-state index contributed by atoms with van der Waals surface area (Å²) in [7, 11) is 0. The number of aromatic hydroxyl groups is 2. The van der Waals surface area contributed by atoms with E-state index in [-0.39, 0.29) is 33.8 Å². The second kappa shape index (κ2) is 4.68. The van der Waals surface area contributed by atoms with E-state index in [2.05, 4.69) is 0 Å². The minimum atomic E-state index is -0.453. The van der Waals surface area contributed by atoms with Gasteiger partial charge in [0, 0.05) is 26.6 Å². The zero-order chi connectivity index (χ0) is 17.3. The van der Waals surface area contributed by atoms with Gasteiger partial charge in [-0.1, -0.05) is 24.3 Å². The Balaban J connectivity index is 1.97. The highest BCUT2D eigenvalue weighted by Gasteiger charge is 2.36. The minimum absolute atomic E-state index is 0.121. The lowest BCUT2D eigenvalue weighted by Gasteiger charge is -2.21. The Bertz CT molecular complexity index is 1160. The van der Waals surface area contributed by atoms with E-state index in [0.717, 1.165) is 10.1 Å². The van der Waals surface area contributed by atoms with Crippen LogP contribution in [0.4, 0.5) is 0 Å². The van der Waals surface area contributed by atoms with Crippen LogP contribution < -0.4 is 0 Å². The van der Waals surface area contributed by atoms with E-state index in [1.807, 2.05) is 11.4 Å². The van der Waals surface area contributed by atoms with E-state index < -0.39 is 11.6 Å². The van der Waals surface area contributed by atoms with Crippen LogP contribution in [0.1, 0.15) is 31.8 Å². The van der Waals surface area contributed by atoms with Crippen LogP contribution in [0.15, 0.2) is 47.8 Å². The molecule has 0 saturated heterocycles. The summed E-state index contributed by atoms with van der Waals surface area (Å²) in [6, 6.07) is 11.8. The number of fused-ring (bicyclic) bond motifs is 4. The molecule has 3 aromatic carbocycles. The molecule has 2 N–H and O–H groups in total. The summed E-state index contributed by atoms with van der Waals surface area (Å²) in [6.45, 7) is 0. The van der Waals surface area contributed by atoms with Gasteiger partial charge >= 0.3 is 0 Å². The van der Waals surface area contributed by atoms with E-state index in [1.54, 1.807) is 36.4 Å². The number of phenolic OH excluding ortho intramolecular Hbond substituents is 2. The monoisotopic (exact) mass is 346 g/mol. The van der Waals surface area contributed by atoms with Crippen molar-refractivity contribution >= 4 is 43.8 Å². The van der Waals surface area contributed by atoms with Crippen molar-refractivity contribution in [3.05, 3.63) is 70.1 Å². The van der Waals surface area contributed by atoms with Gasteiger partial charge in [0.2, 0.25) is 0 Å². The highest BCUT2D eigenvalue weighted by molar-refractivity contribution is 7.17. The molecule has 0 spiro atoms. The molecule has 120 valence electrons. The number of thiophene rings is 1. The third kappa shape index (κ3) is 1.70. The number of phenols is 2. The number of carbonyl (C=O) groups is 2. The van der Waals surface area contributed by atoms with Crippen LogP contribution in [0.25, 0.3) is 20.9 Å². The molecule has 0 radical (unpaired) electrons. The summed E-state index contributed by atoms with van der Waals surface area (Å²) in [4.78, 5) is 25.7. The van der Waals surface area contributed by atoms with Gasteiger partial charge in [-0.05, 0) is 29.0 Å². The molecule has 1 aromatic heterocycles. The molecule has 0 amide bonds. The Morgan fingerprint density at radius 2 is 1.32 bits per heavy atom. The Morgan fingerprint density at radius 1 is 0.760 bits per heavy atom. The normalized spacial score (nSPS) is 13.3. The van der Waals surface area contributed by atoms with Crippen LogP contribution >= 0.6 is 11.3 Å². The quantitative estimate of drug-likeness (QED) is 0.411. The van der Waals surface area contributed by atoms with Crippen molar-refractivity contribution in [3.63, 3.8) is 0 Å². The summed E-state index contributed by atoms with van der Waals surface area (Å²) in [5.74, 6) is -1.42. The van der Waals surface area contributed by atoms with Gasteiger partial charge in [-0.3, -0.25) is 9.59 Å². The van der Waals surface area contributed by atoms with Crippen molar-refractivity contribution in [3.8, 4) is 11.5 Å². The number of ketones is 2. The van der Waals surface area contributed by atoms with Crippen LogP contribution in [0, 0.1) is 0 Å². The smallest absolute Gasteiger partial charge is 0.198 e. The van der Waals surface area contributed by atoms with Crippen LogP contribution in [-0.4, -0.2) is 21.8 Å². The van der Waals surface area contributed by atoms with Crippen molar-refractivity contribution in [2.75, 3.05) is 0 Å². The molecule has 5 heteroatoms. The first kappa shape index (κ1) is 14.2. The van der Waals surface area contributed by atoms with Gasteiger partial charge < -0.3 is 10.2 Å². The zero-order valence-electron chi connectivity index (χ0n) is 12.7. The average Bonchev–Trinajstić information content (AvgIpc) is 3.09. The van der Waals surface area contributed by atoms with Gasteiger partial charge in [0.15, 0.2) is 11.6 Å². The van der Waals surface area contributed by atoms with Crippen LogP contribution in [-0.2, 0) is 0 Å². The first-order valence-corrected chi connectivity index (χ1v) is 8.53. The fourth-order valence-electron chi connectivity index (χ4n) is 3.50. The highest BCUT2D eigenvalue weighted by Crippen LogP contribution is 2.45. The molecule has 0 unspecified atom stereocenters. The number of rotatable bonds is 0. The van der Waals surface area contributed by atoms with Crippen molar-refractivity contribution < 1.29 is 19.8 Å². The molecule has 5 rings (SSSR count). The molecule has 1 heterocycles. The first-order chi connectivity index (χ1) is 12.1. The lowest BCUT2D eigenvalue weighted by Crippen LogP contribution is -2.21. The maximum absolute atomic E-state index is 12.9. The third-order valence-electron chi connectivity index (χ3n) is 4.70. The highest BCUT2D eigenvalue weighted by atomic mass is 32.1. The van der Waals surface area contributed by atoms with E-state index in [9.17, 15) is 19.8 Å². The Hall–Kier alpha value is -3.18. The lowest BCUT2D eigenvalue weighted by atomic mass is 9.81. The van der Waals surface area contributed by atoms with Gasteiger partial charge in [0.25, 0.3) is 0 Å². The van der Waals surface area contributed by atoms with Gasteiger partial charge in [-0.2, -0.15) is 0 Å². The summed E-state index contributed by atoms with van der Waals surface area (Å²) >= 11 is 1.50. The molecule has 0 fully saturated rings. The number of carbonyl (C=O) groups excluding carboxylic acids is 2. The van der Waals surface area contributed by atoms with E-state index in [4.69, 9.17) is 0 Å². The predicted molar refractivity (Wildman–Crippen MR) is 96.0 cm³/mol. The largest absolute Gasteiger partial charge is 0.506 e. The Morgan fingerprint density at radius 3 is 1.92 bits per heavy atom. The minimum Gasteiger partial charge on any atom is -0.506 e. The van der Waals surface area contributed by atoms with Gasteiger partial charge in [-0.25, -0.2) is 0 Å². The summed E-state index contributed by atoms with van der Waals surface area (Å²) < 4.78 is 0.928. The van der Waals surface area contributed by atoms with Gasteiger partial charge in [0.05, 0.1) is 11.1 Å². The molecule has 1 aliphatic carbocycles. The molecular weight excluding hydrogens is 336 g/mol. The topological polar surface area (TPSA) is 74.6 Å². The summed E-state index contributed by atoms with van der Waals surface area (Å²) in [5.41, 5.74) is 0.241. The number of hydrogen-bond donors (Lipinski definition) is 2. The van der Waals surface area contributed by atoms with E-state index in [0.29, 0.717) is 10.8 Å². The maximum Gasteiger partial charge on any atom is 0.198 e. The lowest BCUT2D eigenvalue weighted by molar-refractivity contribution is 0.0974. The molecule has 0 aliphatic heterocycles. The summed E-state index contributed by atoms with van der Waals surface area (Å²) in [5, 5.41) is 25.0. The van der Waals surface area contributed by atoms with Crippen molar-refractivity contribution in [2.24, 2.45) is 0 Å². The van der Waals surface area contributed by atoms with Crippen LogP contribution in [0.2, 0.25) is 0 Å². The molecule has 0 saturated carbocycles. The SMILES string of the molecule is O=C1c2ccccc2C(=O)c2c1c(O)c1cc3ccsc3cc1c2O. The maximum atomic E-state index is 12.9. The van der Waals surface area contributed by atoms with E-state index >= 15 is 0 Å². The zero-order valence-corrected chi connectivity index (χ0v) is 13.6. The molecule has 4 aromatic rings. The molecule has 1 aliphatic rings. The van der Waals surface area contributed by atoms with Crippen LogP contribution in [0.3, 0.4) is 0 Å². The second-order valence-corrected chi connectivity index (χ2v) is 6.95. The third-order valence-corrected chi connectivity index (χ3v) is 5.58. The Labute approximate surface area is 145 Å². The molecule has 0 bridgehead atoms. The summed E-state index contributed by atoms with van der Waals surface area (Å²) in [6.07, 6.45) is 0. The molecule has 0 atom stereocenters. The number of benzene rings is 3. The average molecular weight is 346 g/mol. The number of hydrogen-bond acceptors (Lipinski definition) is 5. The molecule has 25 heavy (non-hydrogen) atoms. The molecular formula is C20H10O4S. The van der Waals surface area contributed by atoms with Crippen molar-refractivity contribution in [1.82, 2.24) is 0 Å². The second-order valence-electron chi connectivity index (χ2n) is 6.01. The first-order valence-electron chi connectivity index (χ1n) is 7.65. The Kier molecular flexibility index (Phi) is 2.65. The molecule has 4 nitrogen and oxygen atoms in total.